The lowest BCUT2D eigenvalue weighted by Crippen LogP contribution is -2.12. The smallest absolute Gasteiger partial charge is 0.356 e. The number of benzene rings is 1. The quantitative estimate of drug-likeness (QED) is 0.811. The van der Waals surface area contributed by atoms with Gasteiger partial charge >= 0.3 is 11.9 Å². The van der Waals surface area contributed by atoms with Crippen molar-refractivity contribution in [3.05, 3.63) is 40.5 Å². The third-order valence-electron chi connectivity index (χ3n) is 2.75. The predicted molar refractivity (Wildman–Crippen MR) is 78.7 cm³/mol. The molecule has 0 saturated heterocycles. The summed E-state index contributed by atoms with van der Waals surface area (Å²) in [6.45, 7) is 3.87. The molecule has 0 unspecified atom stereocenters. The maximum atomic E-state index is 12.1. The maximum Gasteiger partial charge on any atom is 0.356 e. The Bertz CT molecular complexity index is 699. The standard InChI is InChI=1S/C15H14ClNO4/c1-3-20-14(18)11-8-13(15(19)21-4-2)17-12-6-5-9(16)7-10(11)12/h5-8H,3-4H2,1-2H3. The maximum absolute atomic E-state index is 12.1. The third kappa shape index (κ3) is 3.31. The second kappa shape index (κ2) is 6.54. The average molecular weight is 308 g/mol. The normalized spacial score (nSPS) is 10.4. The van der Waals surface area contributed by atoms with E-state index in [1.807, 2.05) is 0 Å². The van der Waals surface area contributed by atoms with Gasteiger partial charge in [0.25, 0.3) is 0 Å². The topological polar surface area (TPSA) is 65.5 Å². The minimum atomic E-state index is -0.583. The molecule has 1 heterocycles. The highest BCUT2D eigenvalue weighted by Gasteiger charge is 2.18. The van der Waals surface area contributed by atoms with Crippen LogP contribution >= 0.6 is 11.6 Å². The molecule has 5 nitrogen and oxygen atoms in total. The van der Waals surface area contributed by atoms with Gasteiger partial charge in [0.1, 0.15) is 5.69 Å². The van der Waals surface area contributed by atoms with E-state index in [4.69, 9.17) is 21.1 Å². The van der Waals surface area contributed by atoms with E-state index in [9.17, 15) is 9.59 Å². The van der Waals surface area contributed by atoms with Crippen molar-refractivity contribution in [1.29, 1.82) is 0 Å². The number of esters is 2. The monoisotopic (exact) mass is 307 g/mol. The van der Waals surface area contributed by atoms with E-state index >= 15 is 0 Å². The van der Waals surface area contributed by atoms with Crippen LogP contribution in [0.1, 0.15) is 34.7 Å². The summed E-state index contributed by atoms with van der Waals surface area (Å²) >= 11 is 5.95. The second-order valence-electron chi connectivity index (χ2n) is 4.16. The summed E-state index contributed by atoms with van der Waals surface area (Å²) in [5, 5.41) is 1.01. The summed E-state index contributed by atoms with van der Waals surface area (Å²) in [6, 6.07) is 6.27. The van der Waals surface area contributed by atoms with Crippen molar-refractivity contribution in [2.45, 2.75) is 13.8 Å². The summed E-state index contributed by atoms with van der Waals surface area (Å²) in [5.74, 6) is -1.11. The molecule has 0 aliphatic rings. The van der Waals surface area contributed by atoms with E-state index in [0.717, 1.165) is 0 Å². The van der Waals surface area contributed by atoms with Crippen LogP contribution in [0.25, 0.3) is 10.9 Å². The highest BCUT2D eigenvalue weighted by Crippen LogP contribution is 2.23. The van der Waals surface area contributed by atoms with Gasteiger partial charge in [-0.05, 0) is 38.1 Å². The van der Waals surface area contributed by atoms with Crippen molar-refractivity contribution in [3.63, 3.8) is 0 Å². The SMILES string of the molecule is CCOC(=O)c1cc(C(=O)OCC)c2cc(Cl)ccc2n1. The summed E-state index contributed by atoms with van der Waals surface area (Å²) in [6.07, 6.45) is 0. The van der Waals surface area contributed by atoms with Crippen molar-refractivity contribution in [2.75, 3.05) is 13.2 Å². The Morgan fingerprint density at radius 1 is 1.10 bits per heavy atom. The minimum absolute atomic E-state index is 0.0646. The van der Waals surface area contributed by atoms with Gasteiger partial charge < -0.3 is 9.47 Å². The number of rotatable bonds is 4. The van der Waals surface area contributed by atoms with Gasteiger partial charge in [-0.1, -0.05) is 11.6 Å². The number of carbonyl (C=O) groups excluding carboxylic acids is 2. The van der Waals surface area contributed by atoms with Crippen molar-refractivity contribution in [3.8, 4) is 0 Å². The first-order valence-corrected chi connectivity index (χ1v) is 6.89. The van der Waals surface area contributed by atoms with Crippen LogP contribution in [-0.2, 0) is 9.47 Å². The predicted octanol–water partition coefficient (Wildman–Crippen LogP) is 3.24. The molecule has 0 radical (unpaired) electrons. The fourth-order valence-corrected chi connectivity index (χ4v) is 2.06. The first-order valence-electron chi connectivity index (χ1n) is 6.51. The van der Waals surface area contributed by atoms with Crippen molar-refractivity contribution in [1.82, 2.24) is 4.98 Å². The molecule has 6 heteroatoms. The molecule has 21 heavy (non-hydrogen) atoms. The number of carbonyl (C=O) groups is 2. The number of pyridine rings is 1. The molecular formula is C15H14ClNO4. The van der Waals surface area contributed by atoms with E-state index in [-0.39, 0.29) is 24.5 Å². The number of fused-ring (bicyclic) bond motifs is 1. The molecule has 2 rings (SSSR count). The minimum Gasteiger partial charge on any atom is -0.462 e. The molecule has 1 aromatic heterocycles. The molecule has 0 spiro atoms. The van der Waals surface area contributed by atoms with Gasteiger partial charge in [0, 0.05) is 10.4 Å². The van der Waals surface area contributed by atoms with Crippen LogP contribution in [-0.4, -0.2) is 30.1 Å². The lowest BCUT2D eigenvalue weighted by atomic mass is 10.1. The van der Waals surface area contributed by atoms with Gasteiger partial charge in [0.15, 0.2) is 0 Å². The van der Waals surface area contributed by atoms with E-state index in [2.05, 4.69) is 4.98 Å². The molecular weight excluding hydrogens is 294 g/mol. The first kappa shape index (κ1) is 15.3. The largest absolute Gasteiger partial charge is 0.462 e. The van der Waals surface area contributed by atoms with Crippen molar-refractivity contribution in [2.24, 2.45) is 0 Å². The molecule has 0 saturated carbocycles. The second-order valence-corrected chi connectivity index (χ2v) is 4.59. The lowest BCUT2D eigenvalue weighted by Gasteiger charge is -2.09. The highest BCUT2D eigenvalue weighted by atomic mass is 35.5. The molecule has 0 amide bonds. The molecule has 0 atom stereocenters. The first-order chi connectivity index (χ1) is 10.1. The lowest BCUT2D eigenvalue weighted by molar-refractivity contribution is 0.0519. The van der Waals surface area contributed by atoms with Gasteiger partial charge in [-0.25, -0.2) is 14.6 Å². The van der Waals surface area contributed by atoms with E-state index in [1.165, 1.54) is 6.07 Å². The number of nitrogens with zero attached hydrogens (tertiary/aromatic N) is 1. The highest BCUT2D eigenvalue weighted by molar-refractivity contribution is 6.31. The summed E-state index contributed by atoms with van der Waals surface area (Å²) < 4.78 is 9.92. The van der Waals surface area contributed by atoms with Crippen LogP contribution in [0.15, 0.2) is 24.3 Å². The molecule has 0 N–H and O–H groups in total. The summed E-state index contributed by atoms with van der Waals surface area (Å²) in [4.78, 5) is 28.1. The van der Waals surface area contributed by atoms with Crippen LogP contribution in [0.3, 0.4) is 0 Å². The Labute approximate surface area is 126 Å². The van der Waals surface area contributed by atoms with Crippen LogP contribution in [0.4, 0.5) is 0 Å². The van der Waals surface area contributed by atoms with Gasteiger partial charge in [0.2, 0.25) is 0 Å². The van der Waals surface area contributed by atoms with Gasteiger partial charge in [-0.2, -0.15) is 0 Å². The van der Waals surface area contributed by atoms with Gasteiger partial charge in [0.05, 0.1) is 24.3 Å². The fraction of sp³-hybridized carbons (Fsp3) is 0.267. The van der Waals surface area contributed by atoms with E-state index in [0.29, 0.717) is 15.9 Å². The van der Waals surface area contributed by atoms with Gasteiger partial charge in [-0.3, -0.25) is 0 Å². The summed E-state index contributed by atoms with van der Waals surface area (Å²) in [7, 11) is 0. The zero-order valence-electron chi connectivity index (χ0n) is 11.7. The van der Waals surface area contributed by atoms with Gasteiger partial charge in [-0.15, -0.1) is 0 Å². The molecule has 1 aromatic carbocycles. The van der Waals surface area contributed by atoms with Crippen LogP contribution in [0, 0.1) is 0 Å². The Balaban J connectivity index is 2.63. The van der Waals surface area contributed by atoms with Crippen LogP contribution in [0.2, 0.25) is 5.02 Å². The Morgan fingerprint density at radius 3 is 2.43 bits per heavy atom. The Morgan fingerprint density at radius 2 is 1.76 bits per heavy atom. The number of ether oxygens (including phenoxy) is 2. The average Bonchev–Trinajstić information content (AvgIpc) is 2.46. The molecule has 0 aliphatic heterocycles. The Kier molecular flexibility index (Phi) is 4.75. The third-order valence-corrected chi connectivity index (χ3v) is 2.99. The molecule has 2 aromatic rings. The number of aromatic nitrogens is 1. The number of hydrogen-bond donors (Lipinski definition) is 0. The summed E-state index contributed by atoms with van der Waals surface area (Å²) in [5.41, 5.74) is 0.787. The molecule has 110 valence electrons. The Hall–Kier alpha value is -2.14. The molecule has 0 bridgehead atoms. The van der Waals surface area contributed by atoms with E-state index in [1.54, 1.807) is 32.0 Å². The van der Waals surface area contributed by atoms with E-state index < -0.39 is 11.9 Å². The van der Waals surface area contributed by atoms with Crippen LogP contribution in [0.5, 0.6) is 0 Å². The van der Waals surface area contributed by atoms with Crippen molar-refractivity contribution >= 4 is 34.4 Å². The molecule has 0 fully saturated rings. The van der Waals surface area contributed by atoms with Crippen LogP contribution < -0.4 is 0 Å². The van der Waals surface area contributed by atoms with Crippen molar-refractivity contribution < 1.29 is 19.1 Å². The number of hydrogen-bond acceptors (Lipinski definition) is 5. The molecule has 0 aliphatic carbocycles. The zero-order chi connectivity index (χ0) is 15.4. The fourth-order valence-electron chi connectivity index (χ4n) is 1.89. The zero-order valence-corrected chi connectivity index (χ0v) is 12.4. The number of halogens is 1.